The highest BCUT2D eigenvalue weighted by molar-refractivity contribution is 5.84. The number of aliphatic hydroxyl groups excluding tert-OH is 1. The maximum atomic E-state index is 12.0. The summed E-state index contributed by atoms with van der Waals surface area (Å²) in [6.07, 6.45) is 15.2. The Kier molecular flexibility index (Phi) is 61.5. The quantitative estimate of drug-likeness (QED) is 0.0513. The molecule has 0 aromatic heterocycles. The molecule has 1 unspecified atom stereocenters. The number of rotatable bonds is 21. The number of para-hydroxylation sites is 1. The van der Waals surface area contributed by atoms with Gasteiger partial charge in [-0.1, -0.05) is 70.2 Å². The molecule has 2 aromatic rings. The van der Waals surface area contributed by atoms with E-state index in [1.54, 1.807) is 52.7 Å². The van der Waals surface area contributed by atoms with Gasteiger partial charge in [-0.2, -0.15) is 0 Å². The normalized spacial score (nSPS) is 21.4. The van der Waals surface area contributed by atoms with Crippen LogP contribution >= 0.6 is 0 Å². The van der Waals surface area contributed by atoms with Crippen LogP contribution in [0.4, 0.5) is 10.5 Å². The molecule has 0 bridgehead atoms. The van der Waals surface area contributed by atoms with E-state index in [0.29, 0.717) is 115 Å². The standard InChI is InChI=1S/C16H23N.C14H19NO2.C11H23N3O.C11H21NO.C10H20N2O.3C10H19NO.C9H19N3.C9H18N2O.C8H15NO3/c1-13(2)17-9-7-16(8-10-17)11-14-5-3-4-6-15(14)12-16;1-4-17-14(16)13-9-11-7-5-6-8-12(11)15(13)10(2)3;1-9(2)12-11(15)14-7-5-13(6-8-14)10(3)4;1-9(2)11-4-6-12(7-5-11)8-10(3)13;1-9(2)12-6-4-11(5-7-12)8-10(3)13;2*1-8(2)11-6-4-10(5-7-11)9(3)12;1-8(2)10-4-6-11(7-5-10)9(3)12;1-8(2)11-4-6-12(7-5-11)9(3)10;1-8(2)10-4-6-11(7-5-10)9(3)12;1-5(2)9-4-6(10)3-7(9)8(11)12/h3-6,13H,7-12H2,1-2H3;5-8,10,13H,4,9H2,1-3H3;9-10H,5-8H2,1-4H3,(H,12,15);9,11H,4-8H2,1-3H3;9H,4-8H2,1-3H3;4*8,10H,4-7H2,1-3H3;8H,4-7H2,1-3H3;5-7,10H,3-4H2,1-2H3,(H,11,12)/t;;;;;;;;;;6-,7+/m..........1/s1. The molecule has 14 rings (SSSR count). The SMILES string of the molecule is CC(=N)N1CCN(C(C)C)CC1.CC(=O)C1CCN(C(C)C)CC1.CC(=O)C1CCN(C(C)C)CC1.CC(=O)CN1CCC(C(C)C)CC1.CC(=O)CN1CCN(C(C)C)CC1.CC(=O)N1CCC(C(C)C)CC1.CC(=O)N1CCN(C(C)C)CC1.CC(C)N1CCC2(CC1)Cc1ccccc1C2.CC(C)N1C[C@H](O)C[C@H]1C(=O)O.CC(C)NC(=O)N1CCN(C(C)C)CC1.CCOC(=O)C1Cc2ccccc2N1C(C)C. The fourth-order valence-electron chi connectivity index (χ4n) is 22.1. The number of aliphatic hydroxyl groups is 1. The van der Waals surface area contributed by atoms with Gasteiger partial charge in [-0.3, -0.25) is 73.3 Å². The summed E-state index contributed by atoms with van der Waals surface area (Å²) in [6, 6.07) is 21.9. The number of likely N-dealkylation sites (tertiary alicyclic amines) is 6. The minimum atomic E-state index is -0.833. The number of nitrogens with one attached hydrogen (secondary N) is 2. The number of β-amino-alcohol motifs (C(OH)–C–C–N with tert-alkyl or cyclic N) is 1. The number of piperidine rings is 5. The lowest BCUT2D eigenvalue weighted by Gasteiger charge is -2.41. The number of amides is 4. The van der Waals surface area contributed by atoms with Gasteiger partial charge in [-0.15, -0.1) is 0 Å². The Morgan fingerprint density at radius 3 is 1.04 bits per heavy atom. The summed E-state index contributed by atoms with van der Waals surface area (Å²) in [5, 5.41) is 28.5. The van der Waals surface area contributed by atoms with E-state index < -0.39 is 18.1 Å². The molecule has 147 heavy (non-hydrogen) atoms. The van der Waals surface area contributed by atoms with Crippen LogP contribution < -0.4 is 10.2 Å². The Morgan fingerprint density at radius 2 is 0.721 bits per heavy atom. The first kappa shape index (κ1) is 132. The molecule has 12 aliphatic rings. The fraction of sp³-hybridized carbons (Fsp3) is 0.814. The molecular weight excluding hydrogens is 1850 g/mol. The Labute approximate surface area is 894 Å². The molecule has 4 amide bonds. The summed E-state index contributed by atoms with van der Waals surface area (Å²) in [4.78, 5) is 134. The second-order valence-electron chi connectivity index (χ2n) is 47.2. The smallest absolute Gasteiger partial charge is 0.329 e. The number of nitrogens with zero attached hydrogens (tertiary/aromatic N) is 15. The zero-order valence-corrected chi connectivity index (χ0v) is 98.9. The summed E-state index contributed by atoms with van der Waals surface area (Å²) in [5.74, 6) is 5.51. The van der Waals surface area contributed by atoms with Crippen LogP contribution in [0.15, 0.2) is 48.5 Å². The number of esters is 1. The van der Waals surface area contributed by atoms with Crippen molar-refractivity contribution in [1.29, 1.82) is 5.41 Å². The van der Waals surface area contributed by atoms with Gasteiger partial charge in [0.1, 0.15) is 35.2 Å². The van der Waals surface area contributed by atoms with Gasteiger partial charge in [0.05, 0.1) is 31.6 Å². The molecule has 1 spiro atoms. The van der Waals surface area contributed by atoms with E-state index in [1.807, 2.05) is 73.3 Å². The molecule has 11 aliphatic heterocycles. The van der Waals surface area contributed by atoms with Gasteiger partial charge in [-0.25, -0.2) is 9.59 Å². The van der Waals surface area contributed by atoms with E-state index >= 15 is 0 Å². The van der Waals surface area contributed by atoms with Crippen molar-refractivity contribution in [2.75, 3.05) is 201 Å². The number of aliphatic carboxylic acids is 1. The number of carboxylic acids is 1. The van der Waals surface area contributed by atoms with Gasteiger partial charge in [0.15, 0.2) is 0 Å². The zero-order chi connectivity index (χ0) is 110. The minimum absolute atomic E-state index is 0.0772. The Hall–Kier alpha value is -6.90. The van der Waals surface area contributed by atoms with Crippen molar-refractivity contribution in [3.05, 3.63) is 65.2 Å². The van der Waals surface area contributed by atoms with Crippen LogP contribution in [0.2, 0.25) is 0 Å². The lowest BCUT2D eigenvalue weighted by Crippen LogP contribution is -2.54. The molecule has 0 saturated carbocycles. The van der Waals surface area contributed by atoms with Crippen LogP contribution in [0.5, 0.6) is 0 Å². The first-order valence-corrected chi connectivity index (χ1v) is 57.3. The number of hydrogen-bond acceptors (Lipinski definition) is 23. The number of carbonyl (C=O) groups excluding carboxylic acids is 8. The van der Waals surface area contributed by atoms with Gasteiger partial charge >= 0.3 is 18.0 Å². The van der Waals surface area contributed by atoms with Gasteiger partial charge in [0.2, 0.25) is 11.8 Å². The number of Topliss-reactive ketones (excluding diaryl/α,β-unsaturated/α-hetero) is 4. The Morgan fingerprint density at radius 1 is 0.388 bits per heavy atom. The van der Waals surface area contributed by atoms with Gasteiger partial charge in [0, 0.05) is 229 Å². The number of urea groups is 1. The van der Waals surface area contributed by atoms with Gasteiger partial charge in [0.25, 0.3) is 0 Å². The largest absolute Gasteiger partial charge is 0.480 e. The predicted octanol–water partition coefficient (Wildman–Crippen LogP) is 16.1. The third-order valence-electron chi connectivity index (χ3n) is 32.2. The lowest BCUT2D eigenvalue weighted by atomic mass is 9.76. The summed E-state index contributed by atoms with van der Waals surface area (Å²) < 4.78 is 5.16. The molecule has 10 fully saturated rings. The number of hydrogen-bond donors (Lipinski definition) is 4. The number of amidine groups is 1. The Bertz CT molecular complexity index is 3800. The number of carbonyl (C=O) groups is 9. The third kappa shape index (κ3) is 48.5. The predicted molar refractivity (Wildman–Crippen MR) is 605 cm³/mol. The third-order valence-corrected chi connectivity index (χ3v) is 32.2. The van der Waals surface area contributed by atoms with E-state index in [2.05, 4.69) is 234 Å². The molecule has 29 nitrogen and oxygen atoms in total. The summed E-state index contributed by atoms with van der Waals surface area (Å²) >= 11 is 0. The molecule has 10 saturated heterocycles. The van der Waals surface area contributed by atoms with Gasteiger partial charge < -0.3 is 59.5 Å². The maximum absolute atomic E-state index is 12.0. The highest BCUT2D eigenvalue weighted by Gasteiger charge is 2.42. The van der Waals surface area contributed by atoms with Crippen molar-refractivity contribution in [1.82, 2.24) is 73.9 Å². The van der Waals surface area contributed by atoms with Crippen LogP contribution in [-0.4, -0.2) is 413 Å². The second kappa shape index (κ2) is 68.3. The van der Waals surface area contributed by atoms with Crippen LogP contribution in [0.3, 0.4) is 0 Å². The van der Waals surface area contributed by atoms with Crippen molar-refractivity contribution >= 4 is 64.4 Å². The molecule has 2 aromatic carbocycles. The second-order valence-corrected chi connectivity index (χ2v) is 47.2. The molecule has 1 aliphatic carbocycles. The monoisotopic (exact) mass is 2060 g/mol. The van der Waals surface area contributed by atoms with Crippen molar-refractivity contribution in [2.24, 2.45) is 40.9 Å². The molecular formula is C118H215N17O12. The number of benzene rings is 2. The highest BCUT2D eigenvalue weighted by atomic mass is 16.5. The topological polar surface area (TPSA) is 288 Å². The first-order valence-electron chi connectivity index (χ1n) is 57.3. The number of anilines is 1. The minimum Gasteiger partial charge on any atom is -0.480 e. The molecule has 4 N–H and O–H groups in total. The molecule has 3 atom stereocenters. The number of ketones is 4. The van der Waals surface area contributed by atoms with Crippen molar-refractivity contribution in [2.45, 2.75) is 390 Å². The van der Waals surface area contributed by atoms with Crippen molar-refractivity contribution in [3.63, 3.8) is 0 Å². The fourth-order valence-corrected chi connectivity index (χ4v) is 22.1. The maximum Gasteiger partial charge on any atom is 0.329 e. The zero-order valence-electron chi connectivity index (χ0n) is 98.9. The lowest BCUT2D eigenvalue weighted by molar-refractivity contribution is -0.145. The number of carboxylic acid groups (broad SMARTS) is 1. The first-order chi connectivity index (χ1) is 69.1. The van der Waals surface area contributed by atoms with E-state index in [9.17, 15) is 48.3 Å². The molecule has 29 heteroatoms. The van der Waals surface area contributed by atoms with E-state index in [0.717, 1.165) is 219 Å². The number of ether oxygens (including phenoxy) is 1. The van der Waals surface area contributed by atoms with Crippen LogP contribution in [0.1, 0.15) is 309 Å². The van der Waals surface area contributed by atoms with Crippen molar-refractivity contribution in [3.8, 4) is 0 Å². The average Bonchev–Trinajstić information content (AvgIpc) is 1.64. The van der Waals surface area contributed by atoms with E-state index in [4.69, 9.17) is 15.3 Å². The number of fused-ring (bicyclic) bond motifs is 2. The van der Waals surface area contributed by atoms with Crippen molar-refractivity contribution < 1.29 is 58.1 Å². The molecule has 844 valence electrons. The summed E-state index contributed by atoms with van der Waals surface area (Å²) in [7, 11) is 0. The van der Waals surface area contributed by atoms with Gasteiger partial charge in [-0.05, 0) is 361 Å². The van der Waals surface area contributed by atoms with E-state index in [-0.39, 0.29) is 47.7 Å². The number of piperazine rings is 4. The Balaban J connectivity index is 0.000000338. The molecule has 11 heterocycles. The van der Waals surface area contributed by atoms with Crippen LogP contribution in [0.25, 0.3) is 0 Å². The average molecular weight is 2060 g/mol. The molecule has 0 radical (unpaired) electrons. The van der Waals surface area contributed by atoms with E-state index in [1.165, 1.54) is 75.7 Å². The summed E-state index contributed by atoms with van der Waals surface area (Å²) in [5.41, 5.74) is 6.24. The van der Waals surface area contributed by atoms with Crippen LogP contribution in [0, 0.1) is 46.3 Å². The van der Waals surface area contributed by atoms with Crippen LogP contribution in [-0.2, 0) is 62.4 Å². The highest BCUT2D eigenvalue weighted by Crippen LogP contribution is 2.45. The summed E-state index contributed by atoms with van der Waals surface area (Å²) in [6.45, 7) is 95.6.